The van der Waals surface area contributed by atoms with E-state index < -0.39 is 11.7 Å². The molecule has 2 aromatic rings. The smallest absolute Gasteiger partial charge is 0.255 e. The Morgan fingerprint density at radius 2 is 2.26 bits per heavy atom. The van der Waals surface area contributed by atoms with Gasteiger partial charge in [0.1, 0.15) is 11.6 Å². The average molecular weight is 260 g/mol. The third-order valence-corrected chi connectivity index (χ3v) is 2.72. The van der Waals surface area contributed by atoms with E-state index in [9.17, 15) is 9.18 Å². The summed E-state index contributed by atoms with van der Waals surface area (Å²) in [4.78, 5) is 19.5. The predicted octanol–water partition coefficient (Wildman–Crippen LogP) is 1.44. The van der Waals surface area contributed by atoms with Gasteiger partial charge in [0.2, 0.25) is 0 Å². The molecule has 2 rings (SSSR count). The molecule has 2 aromatic heterocycles. The Kier molecular flexibility index (Phi) is 3.70. The lowest BCUT2D eigenvalue weighted by atomic mass is 10.1. The number of hydrogen-bond donors (Lipinski definition) is 2. The molecule has 0 atom stereocenters. The quantitative estimate of drug-likeness (QED) is 0.875. The molecule has 0 spiro atoms. The number of anilines is 1. The number of hydrogen-bond acceptors (Lipinski definition) is 4. The zero-order chi connectivity index (χ0) is 13.8. The maximum Gasteiger partial charge on any atom is 0.255 e. The molecule has 19 heavy (non-hydrogen) atoms. The number of nitrogens with two attached hydrogens (primary N) is 1. The second kappa shape index (κ2) is 5.43. The van der Waals surface area contributed by atoms with Crippen molar-refractivity contribution in [3.05, 3.63) is 53.2 Å². The van der Waals surface area contributed by atoms with Crippen molar-refractivity contribution in [1.29, 1.82) is 0 Å². The fourth-order valence-corrected chi connectivity index (χ4v) is 1.58. The highest BCUT2D eigenvalue weighted by molar-refractivity contribution is 5.98. The Morgan fingerprint density at radius 1 is 1.47 bits per heavy atom. The van der Waals surface area contributed by atoms with Crippen LogP contribution in [-0.4, -0.2) is 15.9 Å². The van der Waals surface area contributed by atoms with Gasteiger partial charge in [-0.05, 0) is 30.2 Å². The SMILES string of the molecule is Cc1ccncc1CNC(=O)c1cc(F)cnc1N. The van der Waals surface area contributed by atoms with Crippen LogP contribution in [0.5, 0.6) is 0 Å². The number of rotatable bonds is 3. The van der Waals surface area contributed by atoms with Crippen molar-refractivity contribution in [3.8, 4) is 0 Å². The van der Waals surface area contributed by atoms with Crippen LogP contribution < -0.4 is 11.1 Å². The fraction of sp³-hybridized carbons (Fsp3) is 0.154. The van der Waals surface area contributed by atoms with E-state index in [4.69, 9.17) is 5.73 Å². The molecule has 5 nitrogen and oxygen atoms in total. The number of amides is 1. The summed E-state index contributed by atoms with van der Waals surface area (Å²) in [6.07, 6.45) is 4.31. The molecule has 0 aliphatic rings. The van der Waals surface area contributed by atoms with Crippen molar-refractivity contribution in [2.24, 2.45) is 0 Å². The van der Waals surface area contributed by atoms with Gasteiger partial charge < -0.3 is 11.1 Å². The van der Waals surface area contributed by atoms with Crippen LogP contribution in [0.15, 0.2) is 30.7 Å². The van der Waals surface area contributed by atoms with E-state index in [0.29, 0.717) is 6.54 Å². The minimum atomic E-state index is -0.600. The van der Waals surface area contributed by atoms with Gasteiger partial charge in [-0.1, -0.05) is 0 Å². The monoisotopic (exact) mass is 260 g/mol. The normalized spacial score (nSPS) is 10.2. The molecule has 0 saturated heterocycles. The summed E-state index contributed by atoms with van der Waals surface area (Å²) in [5, 5.41) is 2.66. The zero-order valence-corrected chi connectivity index (χ0v) is 10.4. The first-order valence-corrected chi connectivity index (χ1v) is 5.66. The van der Waals surface area contributed by atoms with E-state index >= 15 is 0 Å². The van der Waals surface area contributed by atoms with Crippen LogP contribution in [0.2, 0.25) is 0 Å². The number of aromatic nitrogens is 2. The maximum absolute atomic E-state index is 13.0. The number of halogens is 1. The van der Waals surface area contributed by atoms with Crippen LogP contribution in [0.1, 0.15) is 21.5 Å². The lowest BCUT2D eigenvalue weighted by Gasteiger charge is -2.08. The summed E-state index contributed by atoms with van der Waals surface area (Å²) in [7, 11) is 0. The molecule has 6 heteroatoms. The summed E-state index contributed by atoms with van der Waals surface area (Å²) >= 11 is 0. The number of nitrogens with one attached hydrogen (secondary N) is 1. The van der Waals surface area contributed by atoms with Gasteiger partial charge in [-0.15, -0.1) is 0 Å². The van der Waals surface area contributed by atoms with Crippen LogP contribution in [0.3, 0.4) is 0 Å². The molecule has 0 fully saturated rings. The second-order valence-corrected chi connectivity index (χ2v) is 4.07. The lowest BCUT2D eigenvalue weighted by molar-refractivity contribution is 0.0951. The number of nitrogen functional groups attached to an aromatic ring is 1. The van der Waals surface area contributed by atoms with E-state index in [0.717, 1.165) is 23.4 Å². The highest BCUT2D eigenvalue weighted by Gasteiger charge is 2.12. The van der Waals surface area contributed by atoms with E-state index in [1.807, 2.05) is 13.0 Å². The maximum atomic E-state index is 13.0. The van der Waals surface area contributed by atoms with Gasteiger partial charge in [-0.2, -0.15) is 0 Å². The molecule has 0 saturated carbocycles. The Bertz CT molecular complexity index is 615. The second-order valence-electron chi connectivity index (χ2n) is 4.07. The fourth-order valence-electron chi connectivity index (χ4n) is 1.58. The van der Waals surface area contributed by atoms with E-state index in [2.05, 4.69) is 15.3 Å². The molecular formula is C13H13FN4O. The summed E-state index contributed by atoms with van der Waals surface area (Å²) in [5.74, 6) is -1.06. The predicted molar refractivity (Wildman–Crippen MR) is 68.8 cm³/mol. The molecule has 2 heterocycles. The number of nitrogens with zero attached hydrogens (tertiary/aromatic N) is 2. The van der Waals surface area contributed by atoms with Gasteiger partial charge in [-0.25, -0.2) is 9.37 Å². The largest absolute Gasteiger partial charge is 0.383 e. The minimum Gasteiger partial charge on any atom is -0.383 e. The number of carbonyl (C=O) groups is 1. The average Bonchev–Trinajstić information content (AvgIpc) is 2.40. The van der Waals surface area contributed by atoms with Crippen molar-refractivity contribution in [3.63, 3.8) is 0 Å². The van der Waals surface area contributed by atoms with E-state index in [-0.39, 0.29) is 11.4 Å². The zero-order valence-electron chi connectivity index (χ0n) is 10.4. The molecule has 0 bridgehead atoms. The van der Waals surface area contributed by atoms with Gasteiger partial charge in [0, 0.05) is 18.9 Å². The van der Waals surface area contributed by atoms with E-state index in [1.165, 1.54) is 0 Å². The van der Waals surface area contributed by atoms with Gasteiger partial charge in [0.05, 0.1) is 11.8 Å². The molecular weight excluding hydrogens is 247 g/mol. The minimum absolute atomic E-state index is 0.00167. The highest BCUT2D eigenvalue weighted by Crippen LogP contribution is 2.10. The molecule has 1 amide bonds. The number of pyridine rings is 2. The topological polar surface area (TPSA) is 80.9 Å². The summed E-state index contributed by atoms with van der Waals surface area (Å²) < 4.78 is 13.0. The third kappa shape index (κ3) is 3.04. The van der Waals surface area contributed by atoms with Crippen molar-refractivity contribution < 1.29 is 9.18 Å². The van der Waals surface area contributed by atoms with Crippen molar-refractivity contribution >= 4 is 11.7 Å². The highest BCUT2D eigenvalue weighted by atomic mass is 19.1. The van der Waals surface area contributed by atoms with Crippen LogP contribution in [0, 0.1) is 12.7 Å². The summed E-state index contributed by atoms with van der Waals surface area (Å²) in [6.45, 7) is 2.22. The van der Waals surface area contributed by atoms with Crippen molar-refractivity contribution in [2.45, 2.75) is 13.5 Å². The first-order valence-electron chi connectivity index (χ1n) is 5.66. The molecule has 0 radical (unpaired) electrons. The lowest BCUT2D eigenvalue weighted by Crippen LogP contribution is -2.24. The Labute approximate surface area is 109 Å². The molecule has 0 aromatic carbocycles. The Balaban J connectivity index is 2.10. The number of aryl methyl sites for hydroxylation is 1. The van der Waals surface area contributed by atoms with Crippen molar-refractivity contribution in [1.82, 2.24) is 15.3 Å². The molecule has 0 aliphatic heterocycles. The van der Waals surface area contributed by atoms with Crippen LogP contribution in [-0.2, 0) is 6.54 Å². The first-order chi connectivity index (χ1) is 9.08. The van der Waals surface area contributed by atoms with Crippen LogP contribution in [0.25, 0.3) is 0 Å². The molecule has 3 N–H and O–H groups in total. The standard InChI is InChI=1S/C13H13FN4O/c1-8-2-3-16-5-9(8)6-18-13(19)11-4-10(14)7-17-12(11)15/h2-5,7H,6H2,1H3,(H2,15,17)(H,18,19). The van der Waals surface area contributed by atoms with Gasteiger partial charge in [-0.3, -0.25) is 9.78 Å². The van der Waals surface area contributed by atoms with Gasteiger partial charge in [0.15, 0.2) is 0 Å². The Hall–Kier alpha value is -2.50. The summed E-state index contributed by atoms with van der Waals surface area (Å²) in [6, 6.07) is 2.91. The number of carbonyl (C=O) groups excluding carboxylic acids is 1. The van der Waals surface area contributed by atoms with Gasteiger partial charge >= 0.3 is 0 Å². The Morgan fingerprint density at radius 3 is 3.00 bits per heavy atom. The molecule has 0 unspecified atom stereocenters. The van der Waals surface area contributed by atoms with Gasteiger partial charge in [0.25, 0.3) is 5.91 Å². The molecule has 98 valence electrons. The van der Waals surface area contributed by atoms with E-state index in [1.54, 1.807) is 12.4 Å². The van der Waals surface area contributed by atoms with Crippen LogP contribution in [0.4, 0.5) is 10.2 Å². The first kappa shape index (κ1) is 12.9. The molecule has 0 aliphatic carbocycles. The van der Waals surface area contributed by atoms with Crippen LogP contribution >= 0.6 is 0 Å². The summed E-state index contributed by atoms with van der Waals surface area (Å²) in [5.41, 5.74) is 7.47. The third-order valence-electron chi connectivity index (χ3n) is 2.72. The van der Waals surface area contributed by atoms with Crippen molar-refractivity contribution in [2.75, 3.05) is 5.73 Å².